The van der Waals surface area contributed by atoms with Crippen molar-refractivity contribution in [3.05, 3.63) is 34.1 Å². The summed E-state index contributed by atoms with van der Waals surface area (Å²) in [6, 6.07) is 2.73. The van der Waals surface area contributed by atoms with Crippen LogP contribution in [0.2, 0.25) is 0 Å². The van der Waals surface area contributed by atoms with Crippen molar-refractivity contribution in [1.29, 1.82) is 0 Å². The number of nitrogens with zero attached hydrogens (tertiary/aromatic N) is 2. The molecular weight excluding hydrogens is 245 g/mol. The number of H-pyrrole nitrogens is 1. The van der Waals surface area contributed by atoms with Crippen LogP contribution in [0.1, 0.15) is 5.82 Å². The third-order valence-electron chi connectivity index (χ3n) is 2.43. The van der Waals surface area contributed by atoms with Gasteiger partial charge in [0.05, 0.1) is 22.5 Å². The molecule has 1 N–H and O–H groups in total. The van der Waals surface area contributed by atoms with E-state index in [2.05, 4.69) is 9.97 Å². The molecule has 0 spiro atoms. The van der Waals surface area contributed by atoms with Crippen molar-refractivity contribution >= 4 is 28.2 Å². The zero-order valence-electron chi connectivity index (χ0n) is 9.42. The SMILES string of the molecule is CN(C)c1cc2c(=O)[nH]c(CCl)nc2cc1F. The maximum atomic E-state index is 13.7. The smallest absolute Gasteiger partial charge is 0.258 e. The van der Waals surface area contributed by atoms with Gasteiger partial charge in [-0.1, -0.05) is 0 Å². The van der Waals surface area contributed by atoms with E-state index in [4.69, 9.17) is 11.6 Å². The summed E-state index contributed by atoms with van der Waals surface area (Å²) in [4.78, 5) is 20.0. The third-order valence-corrected chi connectivity index (χ3v) is 2.68. The Bertz CT molecular complexity index is 624. The van der Waals surface area contributed by atoms with Gasteiger partial charge in [0.25, 0.3) is 5.56 Å². The highest BCUT2D eigenvalue weighted by molar-refractivity contribution is 6.16. The van der Waals surface area contributed by atoms with Crippen LogP contribution in [0.4, 0.5) is 10.1 Å². The molecular formula is C11H11ClFN3O. The molecule has 1 heterocycles. The summed E-state index contributed by atoms with van der Waals surface area (Å²) in [5.41, 5.74) is 0.352. The average Bonchev–Trinajstić information content (AvgIpc) is 2.27. The third kappa shape index (κ3) is 2.10. The molecule has 17 heavy (non-hydrogen) atoms. The highest BCUT2D eigenvalue weighted by Crippen LogP contribution is 2.21. The van der Waals surface area contributed by atoms with Crippen LogP contribution in [0, 0.1) is 5.82 Å². The van der Waals surface area contributed by atoms with Crippen molar-refractivity contribution in [2.24, 2.45) is 0 Å². The molecule has 0 fully saturated rings. The molecule has 90 valence electrons. The van der Waals surface area contributed by atoms with Gasteiger partial charge in [-0.3, -0.25) is 4.79 Å². The minimum atomic E-state index is -0.416. The fraction of sp³-hybridized carbons (Fsp3) is 0.273. The number of anilines is 1. The van der Waals surface area contributed by atoms with Crippen LogP contribution < -0.4 is 10.5 Å². The van der Waals surface area contributed by atoms with Crippen LogP contribution >= 0.6 is 11.6 Å². The molecule has 1 aromatic heterocycles. The van der Waals surface area contributed by atoms with Crippen molar-refractivity contribution in [2.75, 3.05) is 19.0 Å². The Morgan fingerprint density at radius 3 is 2.76 bits per heavy atom. The molecule has 0 aliphatic carbocycles. The van der Waals surface area contributed by atoms with E-state index in [9.17, 15) is 9.18 Å². The summed E-state index contributed by atoms with van der Waals surface area (Å²) < 4.78 is 13.7. The van der Waals surface area contributed by atoms with Gasteiger partial charge in [-0.15, -0.1) is 11.6 Å². The number of hydrogen-bond donors (Lipinski definition) is 1. The highest BCUT2D eigenvalue weighted by Gasteiger charge is 2.10. The number of hydrogen-bond acceptors (Lipinski definition) is 3. The maximum Gasteiger partial charge on any atom is 0.258 e. The lowest BCUT2D eigenvalue weighted by Gasteiger charge is -2.13. The van der Waals surface area contributed by atoms with Crippen molar-refractivity contribution in [3.8, 4) is 0 Å². The second-order valence-electron chi connectivity index (χ2n) is 3.86. The van der Waals surface area contributed by atoms with Gasteiger partial charge in [0, 0.05) is 20.2 Å². The monoisotopic (exact) mass is 255 g/mol. The predicted octanol–water partition coefficient (Wildman–Crippen LogP) is 1.87. The standard InChI is InChI=1S/C11H11ClFN3O/c1-16(2)9-3-6-8(4-7(9)13)14-10(5-12)15-11(6)17/h3-4H,5H2,1-2H3,(H,14,15,17). The second kappa shape index (κ2) is 4.33. The number of nitrogens with one attached hydrogen (secondary N) is 1. The Balaban J connectivity index is 2.79. The second-order valence-corrected chi connectivity index (χ2v) is 4.13. The van der Waals surface area contributed by atoms with Crippen LogP contribution in [0.3, 0.4) is 0 Å². The summed E-state index contributed by atoms with van der Waals surface area (Å²) in [7, 11) is 3.41. The summed E-state index contributed by atoms with van der Waals surface area (Å²) in [6.45, 7) is 0. The quantitative estimate of drug-likeness (QED) is 0.834. The van der Waals surface area contributed by atoms with E-state index in [0.29, 0.717) is 22.4 Å². The number of aromatic amines is 1. The molecule has 0 radical (unpaired) electrons. The summed E-state index contributed by atoms with van der Waals surface area (Å²) in [5.74, 6) is 0.00434. The van der Waals surface area contributed by atoms with E-state index in [1.807, 2.05) is 0 Å². The lowest BCUT2D eigenvalue weighted by Crippen LogP contribution is -2.15. The number of rotatable bonds is 2. The molecule has 0 unspecified atom stereocenters. The molecule has 2 aromatic rings. The summed E-state index contributed by atoms with van der Waals surface area (Å²) >= 11 is 5.59. The normalized spacial score (nSPS) is 10.8. The van der Waals surface area contributed by atoms with Crippen LogP contribution in [-0.2, 0) is 5.88 Å². The first-order chi connectivity index (χ1) is 8.02. The molecule has 4 nitrogen and oxygen atoms in total. The van der Waals surface area contributed by atoms with Crippen LogP contribution in [0.25, 0.3) is 10.9 Å². The number of fused-ring (bicyclic) bond motifs is 1. The molecule has 0 amide bonds. The van der Waals surface area contributed by atoms with Crippen molar-refractivity contribution in [1.82, 2.24) is 9.97 Å². The maximum absolute atomic E-state index is 13.7. The van der Waals surface area contributed by atoms with Gasteiger partial charge in [-0.25, -0.2) is 9.37 Å². The Kier molecular flexibility index (Phi) is 3.02. The molecule has 0 saturated carbocycles. The van der Waals surface area contributed by atoms with Gasteiger partial charge < -0.3 is 9.88 Å². The Labute approximate surface area is 102 Å². The van der Waals surface area contributed by atoms with E-state index in [0.717, 1.165) is 0 Å². The highest BCUT2D eigenvalue weighted by atomic mass is 35.5. The number of alkyl halides is 1. The first-order valence-electron chi connectivity index (χ1n) is 4.98. The molecule has 0 aliphatic heterocycles. The van der Waals surface area contributed by atoms with Crippen molar-refractivity contribution < 1.29 is 4.39 Å². The van der Waals surface area contributed by atoms with Gasteiger partial charge in [0.15, 0.2) is 0 Å². The lowest BCUT2D eigenvalue weighted by molar-refractivity contribution is 0.627. The minimum absolute atomic E-state index is 0.0855. The van der Waals surface area contributed by atoms with Crippen LogP contribution in [0.5, 0.6) is 0 Å². The van der Waals surface area contributed by atoms with Gasteiger partial charge in [-0.2, -0.15) is 0 Å². The molecule has 0 aliphatic rings. The van der Waals surface area contributed by atoms with E-state index < -0.39 is 5.82 Å². The van der Waals surface area contributed by atoms with E-state index >= 15 is 0 Å². The van der Waals surface area contributed by atoms with E-state index in [1.54, 1.807) is 19.0 Å². The molecule has 0 saturated heterocycles. The predicted molar refractivity (Wildman–Crippen MR) is 66.2 cm³/mol. The number of halogens is 2. The fourth-order valence-electron chi connectivity index (χ4n) is 1.60. The first kappa shape index (κ1) is 11.9. The van der Waals surface area contributed by atoms with Gasteiger partial charge in [0.1, 0.15) is 11.6 Å². The molecule has 1 aromatic carbocycles. The Hall–Kier alpha value is -1.62. The molecule has 0 atom stereocenters. The Morgan fingerprint density at radius 1 is 1.47 bits per heavy atom. The van der Waals surface area contributed by atoms with E-state index in [-0.39, 0.29) is 11.4 Å². The topological polar surface area (TPSA) is 49.0 Å². The van der Waals surface area contributed by atoms with Crippen LogP contribution in [0.15, 0.2) is 16.9 Å². The van der Waals surface area contributed by atoms with Gasteiger partial charge in [0.2, 0.25) is 0 Å². The largest absolute Gasteiger partial charge is 0.375 e. The van der Waals surface area contributed by atoms with Crippen molar-refractivity contribution in [2.45, 2.75) is 5.88 Å². The minimum Gasteiger partial charge on any atom is -0.375 e. The molecule has 2 rings (SSSR count). The number of aromatic nitrogens is 2. The van der Waals surface area contributed by atoms with E-state index in [1.165, 1.54) is 12.1 Å². The zero-order valence-corrected chi connectivity index (χ0v) is 10.2. The van der Waals surface area contributed by atoms with Gasteiger partial charge >= 0.3 is 0 Å². The average molecular weight is 256 g/mol. The van der Waals surface area contributed by atoms with Gasteiger partial charge in [-0.05, 0) is 6.07 Å². The summed E-state index contributed by atoms with van der Waals surface area (Å²) in [5, 5.41) is 0.351. The van der Waals surface area contributed by atoms with Crippen LogP contribution in [-0.4, -0.2) is 24.1 Å². The van der Waals surface area contributed by atoms with Crippen molar-refractivity contribution in [3.63, 3.8) is 0 Å². The first-order valence-corrected chi connectivity index (χ1v) is 5.52. The lowest BCUT2D eigenvalue weighted by atomic mass is 10.2. The summed E-state index contributed by atoms with van der Waals surface area (Å²) in [6.07, 6.45) is 0. The molecule has 6 heteroatoms. The number of benzene rings is 1. The molecule has 0 bridgehead atoms. The zero-order chi connectivity index (χ0) is 12.6. The Morgan fingerprint density at radius 2 is 2.18 bits per heavy atom. The fourth-order valence-corrected chi connectivity index (χ4v) is 1.73.